The fourth-order valence-corrected chi connectivity index (χ4v) is 2.03. The van der Waals surface area contributed by atoms with E-state index in [1.54, 1.807) is 19.9 Å². The van der Waals surface area contributed by atoms with Crippen LogP contribution in [0.2, 0.25) is 0 Å². The Labute approximate surface area is 103 Å². The Kier molecular flexibility index (Phi) is 2.78. The topological polar surface area (TPSA) is 87.2 Å². The zero-order chi connectivity index (χ0) is 13.4. The molecule has 0 atom stereocenters. The minimum atomic E-state index is -0.515. The summed E-state index contributed by atoms with van der Waals surface area (Å²) in [5.41, 5.74) is 0.986. The monoisotopic (exact) mass is 247 g/mol. The largest absolute Gasteiger partial charge is 0.465 e. The van der Waals surface area contributed by atoms with Gasteiger partial charge in [-0.2, -0.15) is 0 Å². The van der Waals surface area contributed by atoms with Gasteiger partial charge in [0.25, 0.3) is 5.56 Å². The summed E-state index contributed by atoms with van der Waals surface area (Å²) in [7, 11) is 1.29. The van der Waals surface area contributed by atoms with Crippen molar-refractivity contribution in [1.82, 2.24) is 9.66 Å². The van der Waals surface area contributed by atoms with E-state index in [1.165, 1.54) is 13.3 Å². The van der Waals surface area contributed by atoms with Gasteiger partial charge >= 0.3 is 5.97 Å². The number of carbonyl (C=O) groups excluding carboxylic acids is 1. The van der Waals surface area contributed by atoms with Crippen LogP contribution in [0.5, 0.6) is 0 Å². The number of aryl methyl sites for hydroxylation is 2. The zero-order valence-corrected chi connectivity index (χ0v) is 10.4. The van der Waals surface area contributed by atoms with Crippen molar-refractivity contribution in [3.8, 4) is 0 Å². The number of fused-ring (bicyclic) bond motifs is 1. The standard InChI is InChI=1S/C12H13N3O3/c1-6-9-8(4-5-15(13)11(9)16)10(7(2)14-6)12(17)18-3/h4-5H,13H2,1-3H3. The molecule has 0 aromatic carbocycles. The number of nitrogen functional groups attached to an aromatic ring is 1. The predicted octanol–water partition coefficient (Wildman–Crippen LogP) is 0.514. The number of aromatic nitrogens is 2. The van der Waals surface area contributed by atoms with Gasteiger partial charge in [0.1, 0.15) is 0 Å². The Balaban J connectivity index is 3.01. The maximum atomic E-state index is 12.0. The average Bonchev–Trinajstić information content (AvgIpc) is 2.32. The van der Waals surface area contributed by atoms with Crippen LogP contribution in [0.3, 0.4) is 0 Å². The molecule has 0 saturated heterocycles. The van der Waals surface area contributed by atoms with Crippen LogP contribution < -0.4 is 11.4 Å². The van der Waals surface area contributed by atoms with Crippen LogP contribution in [0.15, 0.2) is 17.1 Å². The van der Waals surface area contributed by atoms with E-state index in [0.717, 1.165) is 4.68 Å². The number of nitrogens with two attached hydrogens (primary N) is 1. The summed E-state index contributed by atoms with van der Waals surface area (Å²) in [5, 5.41) is 0.851. The fraction of sp³-hybridized carbons (Fsp3) is 0.250. The minimum Gasteiger partial charge on any atom is -0.465 e. The fourth-order valence-electron chi connectivity index (χ4n) is 2.03. The first-order chi connectivity index (χ1) is 8.47. The van der Waals surface area contributed by atoms with Crippen molar-refractivity contribution in [3.05, 3.63) is 39.6 Å². The van der Waals surface area contributed by atoms with Crippen molar-refractivity contribution in [2.75, 3.05) is 13.0 Å². The predicted molar refractivity (Wildman–Crippen MR) is 67.0 cm³/mol. The molecule has 0 bridgehead atoms. The van der Waals surface area contributed by atoms with Gasteiger partial charge in [-0.05, 0) is 19.9 Å². The van der Waals surface area contributed by atoms with Gasteiger partial charge in [0.2, 0.25) is 0 Å². The van der Waals surface area contributed by atoms with E-state index in [4.69, 9.17) is 10.6 Å². The molecule has 0 aliphatic carbocycles. The van der Waals surface area contributed by atoms with Crippen LogP contribution >= 0.6 is 0 Å². The van der Waals surface area contributed by atoms with Gasteiger partial charge in [-0.15, -0.1) is 0 Å². The van der Waals surface area contributed by atoms with Crippen molar-refractivity contribution < 1.29 is 9.53 Å². The second kappa shape index (κ2) is 4.14. The van der Waals surface area contributed by atoms with Crippen LogP contribution in [-0.4, -0.2) is 22.7 Å². The summed E-state index contributed by atoms with van der Waals surface area (Å²) >= 11 is 0. The van der Waals surface area contributed by atoms with Crippen molar-refractivity contribution in [3.63, 3.8) is 0 Å². The summed E-state index contributed by atoms with van der Waals surface area (Å²) in [6.45, 7) is 3.41. The quantitative estimate of drug-likeness (QED) is 0.586. The lowest BCUT2D eigenvalue weighted by Crippen LogP contribution is -2.27. The first-order valence-corrected chi connectivity index (χ1v) is 5.33. The van der Waals surface area contributed by atoms with Crippen LogP contribution in [0.4, 0.5) is 0 Å². The summed E-state index contributed by atoms with van der Waals surface area (Å²) in [5.74, 6) is 5.00. The number of hydrogen-bond acceptors (Lipinski definition) is 5. The Morgan fingerprint density at radius 3 is 2.67 bits per heavy atom. The molecule has 6 heteroatoms. The number of rotatable bonds is 1. The summed E-state index contributed by atoms with van der Waals surface area (Å²) in [6, 6.07) is 1.62. The van der Waals surface area contributed by atoms with Crippen LogP contribution in [0.25, 0.3) is 10.8 Å². The van der Waals surface area contributed by atoms with Gasteiger partial charge in [-0.25, -0.2) is 9.47 Å². The van der Waals surface area contributed by atoms with E-state index in [0.29, 0.717) is 27.7 Å². The molecule has 6 nitrogen and oxygen atoms in total. The normalized spacial score (nSPS) is 10.6. The molecular formula is C12H13N3O3. The van der Waals surface area contributed by atoms with Gasteiger partial charge < -0.3 is 10.6 Å². The number of ether oxygens (including phenoxy) is 1. The number of hydrogen-bond donors (Lipinski definition) is 1. The molecule has 0 fully saturated rings. The molecule has 0 amide bonds. The van der Waals surface area contributed by atoms with Gasteiger partial charge in [0, 0.05) is 11.6 Å². The molecule has 2 N–H and O–H groups in total. The van der Waals surface area contributed by atoms with Crippen molar-refractivity contribution >= 4 is 16.7 Å². The number of esters is 1. The number of nitrogens with zero attached hydrogens (tertiary/aromatic N) is 2. The highest BCUT2D eigenvalue weighted by Crippen LogP contribution is 2.21. The molecule has 94 valence electrons. The Morgan fingerprint density at radius 2 is 2.06 bits per heavy atom. The minimum absolute atomic E-state index is 0.302. The van der Waals surface area contributed by atoms with E-state index >= 15 is 0 Å². The highest BCUT2D eigenvalue weighted by atomic mass is 16.5. The number of pyridine rings is 2. The smallest absolute Gasteiger partial charge is 0.340 e. The zero-order valence-electron chi connectivity index (χ0n) is 10.4. The van der Waals surface area contributed by atoms with Gasteiger partial charge in [0.15, 0.2) is 0 Å². The molecule has 0 saturated carbocycles. The van der Waals surface area contributed by atoms with E-state index < -0.39 is 5.97 Å². The van der Waals surface area contributed by atoms with E-state index in [9.17, 15) is 9.59 Å². The van der Waals surface area contributed by atoms with E-state index in [-0.39, 0.29) is 5.56 Å². The molecule has 2 aromatic rings. The third kappa shape index (κ3) is 1.62. The van der Waals surface area contributed by atoms with Crippen molar-refractivity contribution in [2.45, 2.75) is 13.8 Å². The highest BCUT2D eigenvalue weighted by Gasteiger charge is 2.18. The Bertz CT molecular complexity index is 704. The van der Waals surface area contributed by atoms with Crippen LogP contribution in [-0.2, 0) is 4.74 Å². The first kappa shape index (κ1) is 12.1. The van der Waals surface area contributed by atoms with Crippen molar-refractivity contribution in [2.24, 2.45) is 0 Å². The lowest BCUT2D eigenvalue weighted by atomic mass is 10.0. The van der Waals surface area contributed by atoms with Crippen LogP contribution in [0, 0.1) is 13.8 Å². The lowest BCUT2D eigenvalue weighted by molar-refractivity contribution is 0.0601. The molecule has 0 radical (unpaired) electrons. The molecule has 0 aliphatic rings. The van der Waals surface area contributed by atoms with E-state index in [1.807, 2.05) is 0 Å². The second-order valence-corrected chi connectivity index (χ2v) is 3.97. The summed E-state index contributed by atoms with van der Waals surface area (Å²) in [4.78, 5) is 27.9. The summed E-state index contributed by atoms with van der Waals surface area (Å²) < 4.78 is 5.68. The average molecular weight is 247 g/mol. The Morgan fingerprint density at radius 1 is 1.39 bits per heavy atom. The highest BCUT2D eigenvalue weighted by molar-refractivity contribution is 6.05. The Hall–Kier alpha value is -2.37. The lowest BCUT2D eigenvalue weighted by Gasteiger charge is -2.10. The molecule has 0 spiro atoms. The van der Waals surface area contributed by atoms with Crippen molar-refractivity contribution in [1.29, 1.82) is 0 Å². The third-order valence-corrected chi connectivity index (χ3v) is 2.84. The van der Waals surface area contributed by atoms with Gasteiger partial charge in [-0.1, -0.05) is 0 Å². The molecule has 0 unspecified atom stereocenters. The van der Waals surface area contributed by atoms with Crippen LogP contribution in [0.1, 0.15) is 21.7 Å². The number of methoxy groups -OCH3 is 1. The maximum absolute atomic E-state index is 12.0. The SMILES string of the molecule is COC(=O)c1c(C)nc(C)c2c(=O)n(N)ccc12. The maximum Gasteiger partial charge on any atom is 0.340 e. The van der Waals surface area contributed by atoms with Gasteiger partial charge in [-0.3, -0.25) is 9.78 Å². The molecular weight excluding hydrogens is 234 g/mol. The van der Waals surface area contributed by atoms with E-state index in [2.05, 4.69) is 4.98 Å². The molecule has 2 heterocycles. The number of carbonyl (C=O) groups is 1. The summed E-state index contributed by atoms with van der Waals surface area (Å²) in [6.07, 6.45) is 1.41. The second-order valence-electron chi connectivity index (χ2n) is 3.97. The first-order valence-electron chi connectivity index (χ1n) is 5.33. The molecule has 2 aromatic heterocycles. The van der Waals surface area contributed by atoms with Gasteiger partial charge in [0.05, 0.1) is 29.4 Å². The molecule has 0 aliphatic heterocycles. The molecule has 18 heavy (non-hydrogen) atoms. The molecule has 2 rings (SSSR count). The third-order valence-electron chi connectivity index (χ3n) is 2.84.